The molecule has 1 heterocycles. The second-order valence-electron chi connectivity index (χ2n) is 7.57. The van der Waals surface area contributed by atoms with Gasteiger partial charge in [0.05, 0.1) is 11.7 Å². The normalized spacial score (nSPS) is 25.5. The zero-order valence-corrected chi connectivity index (χ0v) is 15.2. The maximum absolute atomic E-state index is 11.7. The Kier molecular flexibility index (Phi) is 5.42. The fourth-order valence-corrected chi connectivity index (χ4v) is 3.92. The number of hydrogen-bond acceptors (Lipinski definition) is 6. The quantitative estimate of drug-likeness (QED) is 0.731. The molecule has 0 spiro atoms. The smallest absolute Gasteiger partial charge is 0.254 e. The molecular formula is C18H29N5O2. The summed E-state index contributed by atoms with van der Waals surface area (Å²) in [6.07, 6.45) is 10.5. The van der Waals surface area contributed by atoms with E-state index >= 15 is 0 Å². The van der Waals surface area contributed by atoms with Gasteiger partial charge in [0.2, 0.25) is 5.95 Å². The van der Waals surface area contributed by atoms with Gasteiger partial charge in [0, 0.05) is 24.9 Å². The molecular weight excluding hydrogens is 318 g/mol. The molecule has 4 N–H and O–H groups in total. The van der Waals surface area contributed by atoms with Crippen molar-refractivity contribution in [3.63, 3.8) is 0 Å². The molecule has 1 aromatic rings. The van der Waals surface area contributed by atoms with Crippen molar-refractivity contribution in [2.24, 2.45) is 5.73 Å². The Morgan fingerprint density at radius 2 is 1.96 bits per heavy atom. The van der Waals surface area contributed by atoms with Crippen LogP contribution < -0.4 is 16.4 Å². The Bertz CT molecular complexity index is 607. The minimum atomic E-state index is -0.503. The number of amides is 1. The highest BCUT2D eigenvalue weighted by Crippen LogP contribution is 2.33. The van der Waals surface area contributed by atoms with Crippen LogP contribution in [0.2, 0.25) is 0 Å². The first kappa shape index (κ1) is 17.9. The molecule has 2 aliphatic rings. The maximum Gasteiger partial charge on any atom is 0.254 e. The van der Waals surface area contributed by atoms with Crippen molar-refractivity contribution in [2.45, 2.75) is 76.0 Å². The molecule has 138 valence electrons. The van der Waals surface area contributed by atoms with Gasteiger partial charge >= 0.3 is 0 Å². The van der Waals surface area contributed by atoms with Crippen LogP contribution in [0.4, 0.5) is 11.8 Å². The lowest BCUT2D eigenvalue weighted by Gasteiger charge is -2.29. The molecule has 25 heavy (non-hydrogen) atoms. The molecule has 2 saturated carbocycles. The fourth-order valence-electron chi connectivity index (χ4n) is 3.92. The lowest BCUT2D eigenvalue weighted by Crippen LogP contribution is -2.33. The molecule has 2 aliphatic carbocycles. The number of ether oxygens (including phenoxy) is 1. The number of hydrogen-bond donors (Lipinski definition) is 3. The maximum atomic E-state index is 11.7. The minimum absolute atomic E-state index is 0.0354. The van der Waals surface area contributed by atoms with Gasteiger partial charge < -0.3 is 21.1 Å². The summed E-state index contributed by atoms with van der Waals surface area (Å²) in [5.41, 5.74) is 5.82. The summed E-state index contributed by atoms with van der Waals surface area (Å²) >= 11 is 0. The Labute approximate surface area is 149 Å². The average Bonchev–Trinajstić information content (AvgIpc) is 3.01. The minimum Gasteiger partial charge on any atom is -0.381 e. The molecule has 0 unspecified atom stereocenters. The molecule has 0 radical (unpaired) electrons. The third kappa shape index (κ3) is 4.39. The molecule has 2 fully saturated rings. The Balaban J connectivity index is 1.72. The Morgan fingerprint density at radius 1 is 1.28 bits per heavy atom. The van der Waals surface area contributed by atoms with Crippen LogP contribution in [0.15, 0.2) is 6.20 Å². The van der Waals surface area contributed by atoms with Gasteiger partial charge in [-0.25, -0.2) is 4.98 Å². The first-order valence-electron chi connectivity index (χ1n) is 9.23. The van der Waals surface area contributed by atoms with E-state index in [2.05, 4.69) is 27.5 Å². The zero-order valence-electron chi connectivity index (χ0n) is 15.2. The highest BCUT2D eigenvalue weighted by atomic mass is 16.5. The van der Waals surface area contributed by atoms with Gasteiger partial charge in [-0.05, 0) is 45.4 Å². The third-order valence-electron chi connectivity index (χ3n) is 5.52. The number of methoxy groups -OCH3 is 1. The van der Waals surface area contributed by atoms with Crippen molar-refractivity contribution in [2.75, 3.05) is 17.7 Å². The molecule has 1 aromatic heterocycles. The summed E-state index contributed by atoms with van der Waals surface area (Å²) in [5, 5.41) is 6.85. The van der Waals surface area contributed by atoms with Gasteiger partial charge in [-0.2, -0.15) is 4.98 Å². The van der Waals surface area contributed by atoms with E-state index in [-0.39, 0.29) is 5.54 Å². The van der Waals surface area contributed by atoms with E-state index in [1.807, 2.05) is 0 Å². The number of aromatic nitrogens is 2. The van der Waals surface area contributed by atoms with Crippen LogP contribution in [-0.2, 0) is 4.74 Å². The highest BCUT2D eigenvalue weighted by Gasteiger charge is 2.30. The molecule has 7 nitrogen and oxygen atoms in total. The summed E-state index contributed by atoms with van der Waals surface area (Å²) in [6.45, 7) is 2.17. The number of primary amides is 1. The summed E-state index contributed by atoms with van der Waals surface area (Å²) in [6, 6.07) is 0.334. The SMILES string of the molecule is CO[C@H]1CC[C@H](Nc2ncc(C(N)=O)c(NC3(C)CCCC3)n2)CC1. The van der Waals surface area contributed by atoms with Crippen LogP contribution in [0.3, 0.4) is 0 Å². The number of nitrogens with two attached hydrogens (primary N) is 1. The number of nitrogens with one attached hydrogen (secondary N) is 2. The average molecular weight is 347 g/mol. The van der Waals surface area contributed by atoms with Crippen LogP contribution in [0, 0.1) is 0 Å². The van der Waals surface area contributed by atoms with Gasteiger partial charge in [0.25, 0.3) is 5.91 Å². The van der Waals surface area contributed by atoms with Crippen LogP contribution in [-0.4, -0.2) is 40.7 Å². The molecule has 1 amide bonds. The molecule has 7 heteroatoms. The van der Waals surface area contributed by atoms with E-state index in [4.69, 9.17) is 10.5 Å². The van der Waals surface area contributed by atoms with E-state index in [1.165, 1.54) is 19.0 Å². The van der Waals surface area contributed by atoms with E-state index in [0.717, 1.165) is 38.5 Å². The summed E-state index contributed by atoms with van der Waals surface area (Å²) in [5.74, 6) is 0.589. The van der Waals surface area contributed by atoms with Crippen LogP contribution in [0.25, 0.3) is 0 Å². The van der Waals surface area contributed by atoms with Gasteiger partial charge in [-0.1, -0.05) is 12.8 Å². The van der Waals surface area contributed by atoms with E-state index in [1.54, 1.807) is 7.11 Å². The summed E-state index contributed by atoms with van der Waals surface area (Å²) in [4.78, 5) is 20.6. The van der Waals surface area contributed by atoms with Gasteiger partial charge in [-0.15, -0.1) is 0 Å². The lowest BCUT2D eigenvalue weighted by molar-refractivity contribution is 0.0681. The Morgan fingerprint density at radius 3 is 2.56 bits per heavy atom. The first-order valence-corrected chi connectivity index (χ1v) is 9.23. The molecule has 0 atom stereocenters. The second-order valence-corrected chi connectivity index (χ2v) is 7.57. The van der Waals surface area contributed by atoms with Crippen molar-refractivity contribution in [1.29, 1.82) is 0 Å². The van der Waals surface area contributed by atoms with Gasteiger partial charge in [0.15, 0.2) is 0 Å². The molecule has 0 saturated heterocycles. The first-order chi connectivity index (χ1) is 12.0. The second kappa shape index (κ2) is 7.56. The topological polar surface area (TPSA) is 102 Å². The highest BCUT2D eigenvalue weighted by molar-refractivity contribution is 5.97. The van der Waals surface area contributed by atoms with Crippen molar-refractivity contribution >= 4 is 17.7 Å². The predicted octanol–water partition coefficient (Wildman–Crippen LogP) is 2.69. The van der Waals surface area contributed by atoms with Crippen molar-refractivity contribution in [3.8, 4) is 0 Å². The van der Waals surface area contributed by atoms with E-state index in [0.29, 0.717) is 29.5 Å². The third-order valence-corrected chi connectivity index (χ3v) is 5.52. The Hall–Kier alpha value is -1.89. The van der Waals surface area contributed by atoms with Crippen molar-refractivity contribution in [1.82, 2.24) is 9.97 Å². The lowest BCUT2D eigenvalue weighted by atomic mass is 9.93. The van der Waals surface area contributed by atoms with E-state index in [9.17, 15) is 4.79 Å². The summed E-state index contributed by atoms with van der Waals surface area (Å²) < 4.78 is 5.42. The van der Waals surface area contributed by atoms with Gasteiger partial charge in [0.1, 0.15) is 5.82 Å². The van der Waals surface area contributed by atoms with Crippen LogP contribution in [0.1, 0.15) is 68.6 Å². The monoisotopic (exact) mass is 347 g/mol. The largest absolute Gasteiger partial charge is 0.381 e. The standard InChI is InChI=1S/C18H29N5O2/c1-18(9-3-4-10-18)23-16-14(15(19)24)11-20-17(22-16)21-12-5-7-13(25-2)8-6-12/h11-13H,3-10H2,1-2H3,(H2,19,24)(H2,20,21,22,23)/t12-,13-. The number of nitrogens with zero attached hydrogens (tertiary/aromatic N) is 2. The molecule has 3 rings (SSSR count). The fraction of sp³-hybridized carbons (Fsp3) is 0.722. The number of anilines is 2. The van der Waals surface area contributed by atoms with E-state index < -0.39 is 5.91 Å². The number of carbonyl (C=O) groups excluding carboxylic acids is 1. The van der Waals surface area contributed by atoms with Gasteiger partial charge in [-0.3, -0.25) is 4.79 Å². The molecule has 0 aromatic carbocycles. The molecule has 0 aliphatic heterocycles. The zero-order chi connectivity index (χ0) is 17.9. The van der Waals surface area contributed by atoms with Crippen molar-refractivity contribution in [3.05, 3.63) is 11.8 Å². The number of rotatable bonds is 6. The van der Waals surface area contributed by atoms with Crippen LogP contribution >= 0.6 is 0 Å². The molecule has 0 bridgehead atoms. The van der Waals surface area contributed by atoms with Crippen LogP contribution in [0.5, 0.6) is 0 Å². The summed E-state index contributed by atoms with van der Waals surface area (Å²) in [7, 11) is 1.77. The van der Waals surface area contributed by atoms with Crippen molar-refractivity contribution < 1.29 is 9.53 Å². The predicted molar refractivity (Wildman–Crippen MR) is 97.7 cm³/mol. The number of carbonyl (C=O) groups is 1.